The summed E-state index contributed by atoms with van der Waals surface area (Å²) in [4.78, 5) is 0. The van der Waals surface area contributed by atoms with Crippen LogP contribution in [0.3, 0.4) is 0 Å². The van der Waals surface area contributed by atoms with Crippen molar-refractivity contribution in [3.63, 3.8) is 0 Å². The van der Waals surface area contributed by atoms with Crippen molar-refractivity contribution in [1.29, 1.82) is 0 Å². The molecule has 0 fully saturated rings. The minimum atomic E-state index is 0.465. The molecule has 17 heavy (non-hydrogen) atoms. The van der Waals surface area contributed by atoms with Crippen molar-refractivity contribution in [2.45, 2.75) is 19.8 Å². The Bertz CT molecular complexity index is 530. The lowest BCUT2D eigenvalue weighted by atomic mass is 9.92. The van der Waals surface area contributed by atoms with Gasteiger partial charge in [-0.2, -0.15) is 0 Å². The first kappa shape index (κ1) is 11.5. The maximum atomic E-state index is 6.03. The molecule has 0 aromatic heterocycles. The number of hydrogen-bond donors (Lipinski definition) is 2. The standard InChI is InChI=1S/C15H18N2/c1-10(2)12-5-3-4-6-13(12)14-9-11(16)7-8-15(14)17/h3-10H,16-17H2,1-2H3. The Morgan fingerprint density at radius 3 is 2.29 bits per heavy atom. The van der Waals surface area contributed by atoms with E-state index in [1.54, 1.807) is 0 Å². The molecule has 0 heterocycles. The summed E-state index contributed by atoms with van der Waals surface area (Å²) in [6, 6.07) is 14.0. The maximum absolute atomic E-state index is 6.03. The van der Waals surface area contributed by atoms with E-state index in [2.05, 4.69) is 32.0 Å². The van der Waals surface area contributed by atoms with E-state index in [9.17, 15) is 0 Å². The van der Waals surface area contributed by atoms with Crippen molar-refractivity contribution in [3.05, 3.63) is 48.0 Å². The Morgan fingerprint density at radius 1 is 0.882 bits per heavy atom. The normalized spacial score (nSPS) is 10.8. The molecule has 2 aromatic rings. The number of nitrogens with two attached hydrogens (primary N) is 2. The zero-order valence-electron chi connectivity index (χ0n) is 10.3. The lowest BCUT2D eigenvalue weighted by Crippen LogP contribution is -1.97. The molecule has 2 nitrogen and oxygen atoms in total. The predicted molar refractivity (Wildman–Crippen MR) is 74.8 cm³/mol. The number of hydrogen-bond acceptors (Lipinski definition) is 2. The molecule has 2 heteroatoms. The molecule has 2 rings (SSSR count). The minimum Gasteiger partial charge on any atom is -0.399 e. The van der Waals surface area contributed by atoms with Crippen molar-refractivity contribution in [3.8, 4) is 11.1 Å². The molecule has 0 bridgehead atoms. The van der Waals surface area contributed by atoms with E-state index >= 15 is 0 Å². The number of nitrogen functional groups attached to an aromatic ring is 2. The first-order valence-corrected chi connectivity index (χ1v) is 5.84. The molecule has 0 atom stereocenters. The van der Waals surface area contributed by atoms with Gasteiger partial charge in [0, 0.05) is 16.9 Å². The van der Waals surface area contributed by atoms with Gasteiger partial charge in [-0.25, -0.2) is 0 Å². The second kappa shape index (κ2) is 4.50. The van der Waals surface area contributed by atoms with Crippen LogP contribution in [-0.4, -0.2) is 0 Å². The van der Waals surface area contributed by atoms with Gasteiger partial charge in [-0.05, 0) is 35.2 Å². The highest BCUT2D eigenvalue weighted by Gasteiger charge is 2.10. The summed E-state index contributed by atoms with van der Waals surface area (Å²) in [6.07, 6.45) is 0. The second-order valence-corrected chi connectivity index (χ2v) is 4.59. The van der Waals surface area contributed by atoms with Crippen LogP contribution >= 0.6 is 0 Å². The van der Waals surface area contributed by atoms with Crippen LogP contribution in [0.1, 0.15) is 25.3 Å². The predicted octanol–water partition coefficient (Wildman–Crippen LogP) is 3.64. The van der Waals surface area contributed by atoms with Crippen molar-refractivity contribution < 1.29 is 0 Å². The van der Waals surface area contributed by atoms with Crippen LogP contribution in [0.5, 0.6) is 0 Å². The molecule has 88 valence electrons. The molecule has 0 saturated heterocycles. The molecule has 0 aliphatic rings. The second-order valence-electron chi connectivity index (χ2n) is 4.59. The molecule has 4 N–H and O–H groups in total. The van der Waals surface area contributed by atoms with E-state index in [1.807, 2.05) is 24.3 Å². The maximum Gasteiger partial charge on any atom is 0.0395 e. The van der Waals surface area contributed by atoms with Crippen molar-refractivity contribution in [2.24, 2.45) is 0 Å². The summed E-state index contributed by atoms with van der Waals surface area (Å²) in [5.41, 5.74) is 16.9. The highest BCUT2D eigenvalue weighted by atomic mass is 14.6. The molecule has 0 radical (unpaired) electrons. The lowest BCUT2D eigenvalue weighted by Gasteiger charge is -2.14. The summed E-state index contributed by atoms with van der Waals surface area (Å²) in [5, 5.41) is 0. The Balaban J connectivity index is 2.64. The van der Waals surface area contributed by atoms with Crippen LogP contribution in [-0.2, 0) is 0 Å². The molecule has 0 aliphatic carbocycles. The summed E-state index contributed by atoms with van der Waals surface area (Å²) in [7, 11) is 0. The first-order chi connectivity index (χ1) is 8.09. The van der Waals surface area contributed by atoms with Gasteiger partial charge >= 0.3 is 0 Å². The average molecular weight is 226 g/mol. The smallest absolute Gasteiger partial charge is 0.0395 e. The van der Waals surface area contributed by atoms with Gasteiger partial charge in [-0.15, -0.1) is 0 Å². The van der Waals surface area contributed by atoms with E-state index < -0.39 is 0 Å². The zero-order valence-corrected chi connectivity index (χ0v) is 10.3. The molecule has 0 spiro atoms. The molecule has 0 aliphatic heterocycles. The van der Waals surface area contributed by atoms with Gasteiger partial charge in [0.25, 0.3) is 0 Å². The van der Waals surface area contributed by atoms with E-state index in [0.29, 0.717) is 5.92 Å². The van der Waals surface area contributed by atoms with Crippen LogP contribution in [0.4, 0.5) is 11.4 Å². The molecule has 2 aromatic carbocycles. The monoisotopic (exact) mass is 226 g/mol. The highest BCUT2D eigenvalue weighted by Crippen LogP contribution is 2.33. The number of benzene rings is 2. The SMILES string of the molecule is CC(C)c1ccccc1-c1cc(N)ccc1N. The van der Waals surface area contributed by atoms with E-state index in [1.165, 1.54) is 11.1 Å². The van der Waals surface area contributed by atoms with Crippen LogP contribution in [0.25, 0.3) is 11.1 Å². The van der Waals surface area contributed by atoms with Crippen LogP contribution in [0.2, 0.25) is 0 Å². The van der Waals surface area contributed by atoms with Gasteiger partial charge in [0.15, 0.2) is 0 Å². The van der Waals surface area contributed by atoms with Crippen LogP contribution in [0, 0.1) is 0 Å². The lowest BCUT2D eigenvalue weighted by molar-refractivity contribution is 0.869. The van der Waals surface area contributed by atoms with E-state index in [4.69, 9.17) is 11.5 Å². The van der Waals surface area contributed by atoms with Crippen molar-refractivity contribution in [2.75, 3.05) is 11.5 Å². The molecule has 0 amide bonds. The fourth-order valence-corrected chi connectivity index (χ4v) is 2.05. The first-order valence-electron chi connectivity index (χ1n) is 5.84. The molecular formula is C15H18N2. The van der Waals surface area contributed by atoms with Crippen molar-refractivity contribution >= 4 is 11.4 Å². The van der Waals surface area contributed by atoms with Gasteiger partial charge in [-0.1, -0.05) is 38.1 Å². The molecular weight excluding hydrogens is 208 g/mol. The van der Waals surface area contributed by atoms with Gasteiger partial charge < -0.3 is 11.5 Å². The number of rotatable bonds is 2. The Labute approximate surface area is 102 Å². The van der Waals surface area contributed by atoms with Gasteiger partial charge in [-0.3, -0.25) is 0 Å². The Morgan fingerprint density at radius 2 is 1.59 bits per heavy atom. The fraction of sp³-hybridized carbons (Fsp3) is 0.200. The van der Waals surface area contributed by atoms with Crippen molar-refractivity contribution in [1.82, 2.24) is 0 Å². The van der Waals surface area contributed by atoms with Crippen LogP contribution < -0.4 is 11.5 Å². The highest BCUT2D eigenvalue weighted by molar-refractivity contribution is 5.81. The Kier molecular flexibility index (Phi) is 3.05. The molecule has 0 saturated carbocycles. The third kappa shape index (κ3) is 2.26. The topological polar surface area (TPSA) is 52.0 Å². The van der Waals surface area contributed by atoms with Gasteiger partial charge in [0.1, 0.15) is 0 Å². The summed E-state index contributed by atoms with van der Waals surface area (Å²) in [6.45, 7) is 4.36. The fourth-order valence-electron chi connectivity index (χ4n) is 2.05. The quantitative estimate of drug-likeness (QED) is 0.768. The van der Waals surface area contributed by atoms with Crippen LogP contribution in [0.15, 0.2) is 42.5 Å². The van der Waals surface area contributed by atoms with E-state index in [0.717, 1.165) is 16.9 Å². The summed E-state index contributed by atoms with van der Waals surface area (Å²) < 4.78 is 0. The van der Waals surface area contributed by atoms with Gasteiger partial charge in [0.05, 0.1) is 0 Å². The summed E-state index contributed by atoms with van der Waals surface area (Å²) >= 11 is 0. The zero-order chi connectivity index (χ0) is 12.4. The largest absolute Gasteiger partial charge is 0.399 e. The average Bonchev–Trinajstić information content (AvgIpc) is 2.32. The summed E-state index contributed by atoms with van der Waals surface area (Å²) in [5.74, 6) is 0.465. The third-order valence-electron chi connectivity index (χ3n) is 2.95. The number of anilines is 2. The van der Waals surface area contributed by atoms with Gasteiger partial charge in [0.2, 0.25) is 0 Å². The minimum absolute atomic E-state index is 0.465. The Hall–Kier alpha value is -1.96. The molecule has 0 unspecified atom stereocenters. The third-order valence-corrected chi connectivity index (χ3v) is 2.95. The van der Waals surface area contributed by atoms with E-state index in [-0.39, 0.29) is 0 Å².